The Kier molecular flexibility index (Phi) is 5.47. The van der Waals surface area contributed by atoms with Crippen molar-refractivity contribution in [2.24, 2.45) is 0 Å². The number of nitrogens with one attached hydrogen (secondary N) is 1. The molecule has 1 N–H and O–H groups in total. The van der Waals surface area contributed by atoms with Crippen LogP contribution in [0.15, 0.2) is 91.0 Å². The zero-order valence-electron chi connectivity index (χ0n) is 17.4. The first kappa shape index (κ1) is 19.7. The smallest absolute Gasteiger partial charge is 0.233 e. The molecule has 4 aromatic rings. The van der Waals surface area contributed by atoms with Gasteiger partial charge < -0.3 is 14.8 Å². The lowest BCUT2D eigenvalue weighted by molar-refractivity contribution is -0.121. The van der Waals surface area contributed by atoms with Crippen LogP contribution in [0.2, 0.25) is 0 Å². The Balaban J connectivity index is 1.23. The zero-order chi connectivity index (χ0) is 21.8. The second-order valence-electron chi connectivity index (χ2n) is 7.45. The Labute approximate surface area is 186 Å². The summed E-state index contributed by atoms with van der Waals surface area (Å²) in [7, 11) is 0. The van der Waals surface area contributed by atoms with E-state index in [4.69, 9.17) is 9.47 Å². The Morgan fingerprint density at radius 2 is 1.47 bits per heavy atom. The number of carbonyl (C=O) groups excluding carboxylic acids is 1. The van der Waals surface area contributed by atoms with Crippen LogP contribution >= 0.6 is 0 Å². The maximum Gasteiger partial charge on any atom is 0.233 e. The topological polar surface area (TPSA) is 47.6 Å². The van der Waals surface area contributed by atoms with Gasteiger partial charge in [-0.2, -0.15) is 0 Å². The number of hydrogen-bond acceptors (Lipinski definition) is 3. The third-order valence-corrected chi connectivity index (χ3v) is 5.47. The lowest BCUT2D eigenvalue weighted by atomic mass is 9.87. The predicted octanol–water partition coefficient (Wildman–Crippen LogP) is 5.28. The van der Waals surface area contributed by atoms with Crippen LogP contribution in [0.25, 0.3) is 10.8 Å². The normalized spacial score (nSPS) is 12.0. The van der Waals surface area contributed by atoms with E-state index in [9.17, 15) is 4.79 Å². The fraction of sp³-hybridized carbons (Fsp3) is 0.107. The van der Waals surface area contributed by atoms with E-state index in [1.165, 1.54) is 0 Å². The molecule has 0 fully saturated rings. The number of ether oxygens (including phenoxy) is 2. The van der Waals surface area contributed by atoms with Crippen LogP contribution in [-0.4, -0.2) is 19.1 Å². The highest BCUT2D eigenvalue weighted by Crippen LogP contribution is 2.43. The standard InChI is InChI=1S/C28H21NO3/c30-28(27-22-13-3-5-15-25(22)32-26-16-6-4-14-23(26)27)29-18-7-8-19-31-24-17-9-11-20-10-1-2-12-21(20)24/h1-6,9-17,27H,18-19H2,(H,29,30). The van der Waals surface area contributed by atoms with E-state index in [1.807, 2.05) is 78.9 Å². The summed E-state index contributed by atoms with van der Waals surface area (Å²) >= 11 is 0. The summed E-state index contributed by atoms with van der Waals surface area (Å²) in [5, 5.41) is 5.12. The van der Waals surface area contributed by atoms with Crippen molar-refractivity contribution in [3.8, 4) is 29.1 Å². The van der Waals surface area contributed by atoms with Crippen molar-refractivity contribution in [1.29, 1.82) is 0 Å². The monoisotopic (exact) mass is 419 g/mol. The molecular weight excluding hydrogens is 398 g/mol. The van der Waals surface area contributed by atoms with Crippen LogP contribution in [0.3, 0.4) is 0 Å². The first-order valence-electron chi connectivity index (χ1n) is 10.5. The summed E-state index contributed by atoms with van der Waals surface area (Å²) in [6.07, 6.45) is 0. The van der Waals surface area contributed by atoms with Crippen LogP contribution in [0.1, 0.15) is 17.0 Å². The Morgan fingerprint density at radius 1 is 0.812 bits per heavy atom. The molecule has 0 spiro atoms. The quantitative estimate of drug-likeness (QED) is 0.458. The third kappa shape index (κ3) is 3.89. The molecule has 0 aliphatic carbocycles. The van der Waals surface area contributed by atoms with Gasteiger partial charge in [0.15, 0.2) is 0 Å². The van der Waals surface area contributed by atoms with Crippen LogP contribution < -0.4 is 14.8 Å². The number of fused-ring (bicyclic) bond motifs is 3. The molecule has 1 aliphatic rings. The molecular formula is C28H21NO3. The van der Waals surface area contributed by atoms with Gasteiger partial charge in [0.25, 0.3) is 0 Å². The van der Waals surface area contributed by atoms with E-state index in [0.29, 0.717) is 11.5 Å². The molecule has 4 heteroatoms. The molecule has 156 valence electrons. The molecule has 4 nitrogen and oxygen atoms in total. The fourth-order valence-electron chi connectivity index (χ4n) is 3.97. The minimum atomic E-state index is -0.426. The van der Waals surface area contributed by atoms with Crippen LogP contribution in [0, 0.1) is 11.8 Å². The molecule has 5 rings (SSSR count). The number of amides is 1. The summed E-state index contributed by atoms with van der Waals surface area (Å²) < 4.78 is 11.8. The molecule has 0 atom stereocenters. The lowest BCUT2D eigenvalue weighted by Crippen LogP contribution is -2.31. The SMILES string of the molecule is O=C(NCC#CCOc1cccc2ccccc12)C1c2ccccc2Oc2ccccc21. The molecule has 4 aromatic carbocycles. The van der Waals surface area contributed by atoms with Gasteiger partial charge >= 0.3 is 0 Å². The predicted molar refractivity (Wildman–Crippen MR) is 125 cm³/mol. The number of benzene rings is 4. The number of hydrogen-bond donors (Lipinski definition) is 1. The Bertz CT molecular complexity index is 1300. The molecule has 0 aromatic heterocycles. The molecule has 0 saturated carbocycles. The molecule has 1 heterocycles. The van der Waals surface area contributed by atoms with Gasteiger partial charge in [0.2, 0.25) is 5.91 Å². The van der Waals surface area contributed by atoms with Crippen LogP contribution in [0.5, 0.6) is 17.2 Å². The minimum Gasteiger partial charge on any atom is -0.480 e. The molecule has 1 amide bonds. The van der Waals surface area contributed by atoms with Crippen molar-refractivity contribution in [3.05, 3.63) is 102 Å². The average molecular weight is 419 g/mol. The van der Waals surface area contributed by atoms with Gasteiger partial charge in [-0.05, 0) is 23.6 Å². The molecule has 0 radical (unpaired) electrons. The van der Waals surface area contributed by atoms with Crippen molar-refractivity contribution >= 4 is 16.7 Å². The van der Waals surface area contributed by atoms with Crippen molar-refractivity contribution in [3.63, 3.8) is 0 Å². The highest BCUT2D eigenvalue weighted by atomic mass is 16.5. The maximum absolute atomic E-state index is 13.1. The summed E-state index contributed by atoms with van der Waals surface area (Å²) in [6, 6.07) is 29.3. The van der Waals surface area contributed by atoms with E-state index in [1.54, 1.807) is 0 Å². The largest absolute Gasteiger partial charge is 0.480 e. The fourth-order valence-corrected chi connectivity index (χ4v) is 3.97. The van der Waals surface area contributed by atoms with E-state index in [0.717, 1.165) is 27.6 Å². The van der Waals surface area contributed by atoms with Crippen molar-refractivity contribution in [2.75, 3.05) is 13.2 Å². The van der Waals surface area contributed by atoms with Gasteiger partial charge in [-0.1, -0.05) is 84.6 Å². The maximum atomic E-state index is 13.1. The van der Waals surface area contributed by atoms with E-state index >= 15 is 0 Å². The molecule has 0 saturated heterocycles. The average Bonchev–Trinajstić information content (AvgIpc) is 2.84. The van der Waals surface area contributed by atoms with E-state index in [-0.39, 0.29) is 19.1 Å². The second-order valence-corrected chi connectivity index (χ2v) is 7.45. The lowest BCUT2D eigenvalue weighted by Gasteiger charge is -2.27. The zero-order valence-corrected chi connectivity index (χ0v) is 17.4. The van der Waals surface area contributed by atoms with Crippen LogP contribution in [0.4, 0.5) is 0 Å². The minimum absolute atomic E-state index is 0.0996. The highest BCUT2D eigenvalue weighted by molar-refractivity contribution is 5.90. The van der Waals surface area contributed by atoms with Crippen molar-refractivity contribution in [1.82, 2.24) is 5.32 Å². The summed E-state index contributed by atoms with van der Waals surface area (Å²) in [6.45, 7) is 0.506. The van der Waals surface area contributed by atoms with Gasteiger partial charge in [0.1, 0.15) is 23.9 Å². The van der Waals surface area contributed by atoms with E-state index in [2.05, 4.69) is 29.3 Å². The first-order valence-corrected chi connectivity index (χ1v) is 10.5. The Morgan fingerprint density at radius 3 is 2.25 bits per heavy atom. The molecule has 0 unspecified atom stereocenters. The van der Waals surface area contributed by atoms with Gasteiger partial charge in [0.05, 0.1) is 12.5 Å². The molecule has 0 bridgehead atoms. The van der Waals surface area contributed by atoms with E-state index < -0.39 is 5.92 Å². The Hall–Kier alpha value is -4.23. The summed E-state index contributed by atoms with van der Waals surface area (Å²) in [5.74, 6) is 7.66. The van der Waals surface area contributed by atoms with Gasteiger partial charge in [-0.15, -0.1) is 0 Å². The van der Waals surface area contributed by atoms with Crippen molar-refractivity contribution in [2.45, 2.75) is 5.92 Å². The van der Waals surface area contributed by atoms with Crippen LogP contribution in [-0.2, 0) is 4.79 Å². The first-order chi connectivity index (χ1) is 15.8. The van der Waals surface area contributed by atoms with Gasteiger partial charge in [0, 0.05) is 16.5 Å². The number of rotatable bonds is 4. The molecule has 32 heavy (non-hydrogen) atoms. The highest BCUT2D eigenvalue weighted by Gasteiger charge is 2.31. The molecule has 1 aliphatic heterocycles. The summed E-state index contributed by atoms with van der Waals surface area (Å²) in [5.41, 5.74) is 1.71. The second kappa shape index (κ2) is 8.87. The summed E-state index contributed by atoms with van der Waals surface area (Å²) in [4.78, 5) is 13.1. The number of para-hydroxylation sites is 2. The van der Waals surface area contributed by atoms with Gasteiger partial charge in [-0.25, -0.2) is 0 Å². The number of carbonyl (C=O) groups is 1. The third-order valence-electron chi connectivity index (χ3n) is 5.47. The van der Waals surface area contributed by atoms with Gasteiger partial charge in [-0.3, -0.25) is 4.79 Å². The van der Waals surface area contributed by atoms with Crippen molar-refractivity contribution < 1.29 is 14.3 Å².